The molecular formula is C20H19N3O3S2. The standard InChI is InChI=1S/C20H19N3O3S2/c1-14(12-15-6-3-2-4-7-15)13-16-18(25)23(20(26)28-16)10-5-8-17(24)22-19-21-9-11-27-19/h2-4,6-7,9,11-13H,5,8,10H2,1H3,(H,21,22,24)/b14-12?,16-13-. The highest BCUT2D eigenvalue weighted by Crippen LogP contribution is 2.32. The van der Waals surface area contributed by atoms with Crippen LogP contribution in [0.4, 0.5) is 9.93 Å². The maximum absolute atomic E-state index is 12.5. The molecule has 0 radical (unpaired) electrons. The van der Waals surface area contributed by atoms with Gasteiger partial charge in [-0.3, -0.25) is 19.3 Å². The summed E-state index contributed by atoms with van der Waals surface area (Å²) in [5.41, 5.74) is 1.92. The number of carbonyl (C=O) groups is 3. The Balaban J connectivity index is 1.54. The number of rotatable bonds is 7. The number of hydrogen-bond acceptors (Lipinski definition) is 6. The second-order valence-corrected chi connectivity index (χ2v) is 8.01. The number of anilines is 1. The quantitative estimate of drug-likeness (QED) is 0.674. The number of carbonyl (C=O) groups excluding carboxylic acids is 3. The number of thiazole rings is 1. The van der Waals surface area contributed by atoms with E-state index in [0.29, 0.717) is 16.5 Å². The summed E-state index contributed by atoms with van der Waals surface area (Å²) in [6.45, 7) is 2.11. The first kappa shape index (κ1) is 20.0. The third kappa shape index (κ3) is 5.40. The number of imide groups is 1. The van der Waals surface area contributed by atoms with Crippen LogP contribution in [0.25, 0.3) is 6.08 Å². The molecule has 6 nitrogen and oxygen atoms in total. The molecule has 1 aliphatic rings. The minimum absolute atomic E-state index is 0.181. The molecule has 144 valence electrons. The maximum atomic E-state index is 12.5. The summed E-state index contributed by atoms with van der Waals surface area (Å²) in [6, 6.07) is 9.77. The van der Waals surface area contributed by atoms with Crippen LogP contribution in [0.5, 0.6) is 0 Å². The van der Waals surface area contributed by atoms with E-state index in [1.807, 2.05) is 43.3 Å². The molecule has 3 rings (SSSR count). The molecule has 0 bridgehead atoms. The average molecular weight is 414 g/mol. The predicted molar refractivity (Wildman–Crippen MR) is 113 cm³/mol. The van der Waals surface area contributed by atoms with E-state index in [9.17, 15) is 14.4 Å². The zero-order chi connectivity index (χ0) is 19.9. The van der Waals surface area contributed by atoms with Crippen LogP contribution in [-0.4, -0.2) is 33.5 Å². The van der Waals surface area contributed by atoms with Gasteiger partial charge in [0.25, 0.3) is 11.1 Å². The molecule has 3 amide bonds. The molecule has 1 aromatic carbocycles. The zero-order valence-corrected chi connectivity index (χ0v) is 16.9. The monoisotopic (exact) mass is 413 g/mol. The minimum atomic E-state index is -0.309. The van der Waals surface area contributed by atoms with E-state index in [0.717, 1.165) is 22.9 Å². The molecule has 2 heterocycles. The lowest BCUT2D eigenvalue weighted by Gasteiger charge is -2.11. The highest BCUT2D eigenvalue weighted by atomic mass is 32.2. The number of benzene rings is 1. The Morgan fingerprint density at radius 3 is 2.75 bits per heavy atom. The Hall–Kier alpha value is -2.71. The molecule has 2 aromatic rings. The van der Waals surface area contributed by atoms with Gasteiger partial charge in [-0.15, -0.1) is 11.3 Å². The molecule has 1 saturated heterocycles. The first-order chi connectivity index (χ1) is 13.5. The van der Waals surface area contributed by atoms with Crippen LogP contribution >= 0.6 is 23.1 Å². The van der Waals surface area contributed by atoms with Crippen LogP contribution in [0, 0.1) is 0 Å². The van der Waals surface area contributed by atoms with Crippen LogP contribution < -0.4 is 5.32 Å². The molecule has 1 fully saturated rings. The summed E-state index contributed by atoms with van der Waals surface area (Å²) in [5, 5.41) is 4.70. The third-order valence-electron chi connectivity index (χ3n) is 3.89. The van der Waals surface area contributed by atoms with Gasteiger partial charge in [-0.1, -0.05) is 36.4 Å². The smallest absolute Gasteiger partial charge is 0.293 e. The van der Waals surface area contributed by atoms with E-state index in [2.05, 4.69) is 10.3 Å². The maximum Gasteiger partial charge on any atom is 0.293 e. The molecule has 0 aliphatic carbocycles. The Morgan fingerprint density at radius 1 is 1.25 bits per heavy atom. The predicted octanol–water partition coefficient (Wildman–Crippen LogP) is 4.54. The average Bonchev–Trinajstić information content (AvgIpc) is 3.26. The number of hydrogen-bond donors (Lipinski definition) is 1. The molecule has 0 saturated carbocycles. The zero-order valence-electron chi connectivity index (χ0n) is 15.3. The van der Waals surface area contributed by atoms with E-state index in [-0.39, 0.29) is 30.0 Å². The summed E-state index contributed by atoms with van der Waals surface area (Å²) in [5.74, 6) is -0.491. The van der Waals surface area contributed by atoms with Gasteiger partial charge in [0.2, 0.25) is 5.91 Å². The van der Waals surface area contributed by atoms with Crippen molar-refractivity contribution in [1.82, 2.24) is 9.88 Å². The van der Waals surface area contributed by atoms with Crippen LogP contribution in [-0.2, 0) is 9.59 Å². The first-order valence-electron chi connectivity index (χ1n) is 8.71. The van der Waals surface area contributed by atoms with Gasteiger partial charge < -0.3 is 5.32 Å². The van der Waals surface area contributed by atoms with Crippen LogP contribution in [0.1, 0.15) is 25.3 Å². The van der Waals surface area contributed by atoms with Crippen molar-refractivity contribution in [2.45, 2.75) is 19.8 Å². The molecule has 1 aliphatic heterocycles. The highest BCUT2D eigenvalue weighted by molar-refractivity contribution is 8.18. The second kappa shape index (κ2) is 9.48. The van der Waals surface area contributed by atoms with Crippen molar-refractivity contribution < 1.29 is 14.4 Å². The Kier molecular flexibility index (Phi) is 6.78. The second-order valence-electron chi connectivity index (χ2n) is 6.12. The van der Waals surface area contributed by atoms with E-state index < -0.39 is 0 Å². The number of nitrogens with zero attached hydrogens (tertiary/aromatic N) is 2. The Labute approximate surface area is 171 Å². The topological polar surface area (TPSA) is 79.4 Å². The Bertz CT molecular complexity index is 921. The van der Waals surface area contributed by atoms with Gasteiger partial charge in [-0.25, -0.2) is 4.98 Å². The van der Waals surface area contributed by atoms with Crippen molar-refractivity contribution in [3.05, 3.63) is 64.0 Å². The molecule has 0 spiro atoms. The van der Waals surface area contributed by atoms with Crippen molar-refractivity contribution in [2.75, 3.05) is 11.9 Å². The molecule has 0 atom stereocenters. The number of allylic oxidation sites excluding steroid dienone is 2. The fourth-order valence-corrected chi connectivity index (χ4v) is 4.08. The summed E-state index contributed by atoms with van der Waals surface area (Å²) in [4.78, 5) is 42.1. The van der Waals surface area contributed by atoms with Crippen LogP contribution in [0.2, 0.25) is 0 Å². The molecular weight excluding hydrogens is 394 g/mol. The fraction of sp³-hybridized carbons (Fsp3) is 0.200. The molecule has 8 heteroatoms. The lowest BCUT2D eigenvalue weighted by atomic mass is 10.1. The first-order valence-corrected chi connectivity index (χ1v) is 10.4. The van der Waals surface area contributed by atoms with E-state index in [1.165, 1.54) is 16.2 Å². The van der Waals surface area contributed by atoms with Gasteiger partial charge in [-0.05, 0) is 42.3 Å². The highest BCUT2D eigenvalue weighted by Gasteiger charge is 2.34. The number of amides is 3. The Morgan fingerprint density at radius 2 is 2.04 bits per heavy atom. The fourth-order valence-electron chi connectivity index (χ4n) is 2.62. The van der Waals surface area contributed by atoms with Crippen molar-refractivity contribution in [3.63, 3.8) is 0 Å². The van der Waals surface area contributed by atoms with Crippen molar-refractivity contribution in [3.8, 4) is 0 Å². The van der Waals surface area contributed by atoms with Crippen LogP contribution in [0.15, 0.2) is 58.5 Å². The van der Waals surface area contributed by atoms with Crippen molar-refractivity contribution >= 4 is 51.4 Å². The number of aromatic nitrogens is 1. The number of nitrogens with one attached hydrogen (secondary N) is 1. The van der Waals surface area contributed by atoms with E-state index >= 15 is 0 Å². The normalized spacial score (nSPS) is 16.1. The largest absolute Gasteiger partial charge is 0.302 e. The SMILES string of the molecule is CC(=Cc1ccccc1)/C=C1\SC(=O)N(CCCC(=O)Nc2nccs2)C1=O. The lowest BCUT2D eigenvalue weighted by Crippen LogP contribution is -2.29. The van der Waals surface area contributed by atoms with E-state index in [4.69, 9.17) is 0 Å². The van der Waals surface area contributed by atoms with Gasteiger partial charge in [0.15, 0.2) is 5.13 Å². The summed E-state index contributed by atoms with van der Waals surface area (Å²) in [7, 11) is 0. The van der Waals surface area contributed by atoms with Gasteiger partial charge in [0.1, 0.15) is 0 Å². The molecule has 1 aromatic heterocycles. The van der Waals surface area contributed by atoms with Crippen LogP contribution in [0.3, 0.4) is 0 Å². The van der Waals surface area contributed by atoms with E-state index in [1.54, 1.807) is 17.7 Å². The third-order valence-corrected chi connectivity index (χ3v) is 5.49. The molecule has 1 N–H and O–H groups in total. The number of thioether (sulfide) groups is 1. The van der Waals surface area contributed by atoms with Gasteiger partial charge in [-0.2, -0.15) is 0 Å². The van der Waals surface area contributed by atoms with Crippen molar-refractivity contribution in [1.29, 1.82) is 0 Å². The summed E-state index contributed by atoms with van der Waals surface area (Å²) >= 11 is 2.27. The summed E-state index contributed by atoms with van der Waals surface area (Å²) < 4.78 is 0. The van der Waals surface area contributed by atoms with Gasteiger partial charge in [0.05, 0.1) is 4.91 Å². The molecule has 0 unspecified atom stereocenters. The minimum Gasteiger partial charge on any atom is -0.302 e. The van der Waals surface area contributed by atoms with Gasteiger partial charge in [0, 0.05) is 24.5 Å². The molecule has 28 heavy (non-hydrogen) atoms. The lowest BCUT2D eigenvalue weighted by molar-refractivity contribution is -0.123. The van der Waals surface area contributed by atoms with Crippen molar-refractivity contribution in [2.24, 2.45) is 0 Å². The summed E-state index contributed by atoms with van der Waals surface area (Å²) in [6.07, 6.45) is 5.92. The van der Waals surface area contributed by atoms with Gasteiger partial charge >= 0.3 is 0 Å².